The molecule has 2 aromatic rings. The van der Waals surface area contributed by atoms with E-state index in [-0.39, 0.29) is 29.2 Å². The number of fused-ring (bicyclic) bond motifs is 1. The number of halogens is 1. The van der Waals surface area contributed by atoms with Gasteiger partial charge >= 0.3 is 0 Å². The second-order valence-electron chi connectivity index (χ2n) is 11.2. The summed E-state index contributed by atoms with van der Waals surface area (Å²) in [5, 5.41) is 14.9. The molecule has 4 atom stereocenters. The van der Waals surface area contributed by atoms with Crippen LogP contribution in [0, 0.1) is 5.41 Å². The third kappa shape index (κ3) is 4.09. The Morgan fingerprint density at radius 2 is 1.83 bits per heavy atom. The van der Waals surface area contributed by atoms with Crippen molar-refractivity contribution >= 4 is 23.3 Å². The van der Waals surface area contributed by atoms with Gasteiger partial charge in [-0.3, -0.25) is 4.79 Å². The van der Waals surface area contributed by atoms with Gasteiger partial charge in [-0.25, -0.2) is 9.97 Å². The molecule has 0 radical (unpaired) electrons. The molecule has 3 heterocycles. The molecular formula is C28H36ClN5O2. The lowest BCUT2D eigenvalue weighted by molar-refractivity contribution is -0.134. The summed E-state index contributed by atoms with van der Waals surface area (Å²) < 4.78 is 0. The van der Waals surface area contributed by atoms with Gasteiger partial charge in [0.05, 0.1) is 17.7 Å². The predicted molar refractivity (Wildman–Crippen MR) is 140 cm³/mol. The molecule has 3 fully saturated rings. The summed E-state index contributed by atoms with van der Waals surface area (Å²) in [7, 11) is 0. The third-order valence-electron chi connectivity index (χ3n) is 9.24. The van der Waals surface area contributed by atoms with Crippen LogP contribution >= 0.6 is 11.6 Å². The van der Waals surface area contributed by atoms with Crippen LogP contribution < -0.4 is 10.2 Å². The van der Waals surface area contributed by atoms with Gasteiger partial charge < -0.3 is 20.2 Å². The molecule has 0 unspecified atom stereocenters. The highest BCUT2D eigenvalue weighted by molar-refractivity contribution is 6.30. The van der Waals surface area contributed by atoms with Gasteiger partial charge in [0.2, 0.25) is 5.91 Å². The van der Waals surface area contributed by atoms with Gasteiger partial charge in [-0.1, -0.05) is 43.5 Å². The molecule has 6 rings (SSSR count). The van der Waals surface area contributed by atoms with Crippen LogP contribution in [0.2, 0.25) is 5.02 Å². The third-order valence-corrected chi connectivity index (χ3v) is 9.50. The van der Waals surface area contributed by atoms with Crippen LogP contribution in [-0.2, 0) is 4.79 Å². The lowest BCUT2D eigenvalue weighted by atomic mass is 9.71. The van der Waals surface area contributed by atoms with Crippen molar-refractivity contribution in [1.29, 1.82) is 0 Å². The molecule has 2 aliphatic heterocycles. The first kappa shape index (κ1) is 24.1. The molecule has 8 heteroatoms. The molecule has 36 heavy (non-hydrogen) atoms. The van der Waals surface area contributed by atoms with Crippen molar-refractivity contribution in [3.05, 3.63) is 52.4 Å². The Balaban J connectivity index is 1.23. The van der Waals surface area contributed by atoms with E-state index in [9.17, 15) is 9.90 Å². The van der Waals surface area contributed by atoms with Crippen molar-refractivity contribution in [2.24, 2.45) is 5.41 Å². The molecule has 192 valence electrons. The highest BCUT2D eigenvalue weighted by Gasteiger charge is 2.51. The minimum Gasteiger partial charge on any atom is -0.387 e. The summed E-state index contributed by atoms with van der Waals surface area (Å²) in [4.78, 5) is 27.5. The van der Waals surface area contributed by atoms with Crippen LogP contribution in [0.15, 0.2) is 30.6 Å². The number of carbonyl (C=O) groups is 1. The molecule has 0 bridgehead atoms. The number of hydrogen-bond donors (Lipinski definition) is 2. The van der Waals surface area contributed by atoms with Crippen LogP contribution in [-0.4, -0.2) is 64.6 Å². The fraction of sp³-hybridized carbons (Fsp3) is 0.607. The number of rotatable bonds is 4. The number of piperazine rings is 1. The molecule has 7 nitrogen and oxygen atoms in total. The van der Waals surface area contributed by atoms with Crippen molar-refractivity contribution in [1.82, 2.24) is 20.2 Å². The lowest BCUT2D eigenvalue weighted by Gasteiger charge is -2.41. The predicted octanol–water partition coefficient (Wildman–Crippen LogP) is 4.03. The van der Waals surface area contributed by atoms with E-state index in [1.54, 1.807) is 6.33 Å². The highest BCUT2D eigenvalue weighted by atomic mass is 35.5. The monoisotopic (exact) mass is 509 g/mol. The highest BCUT2D eigenvalue weighted by Crippen LogP contribution is 2.51. The van der Waals surface area contributed by atoms with Gasteiger partial charge in [-0.2, -0.15) is 0 Å². The van der Waals surface area contributed by atoms with Gasteiger partial charge in [0, 0.05) is 42.8 Å². The first-order valence-corrected chi connectivity index (χ1v) is 13.9. The van der Waals surface area contributed by atoms with Gasteiger partial charge in [0.25, 0.3) is 0 Å². The van der Waals surface area contributed by atoms with Gasteiger partial charge in [-0.15, -0.1) is 0 Å². The Morgan fingerprint density at radius 3 is 2.56 bits per heavy atom. The van der Waals surface area contributed by atoms with E-state index in [1.807, 2.05) is 24.3 Å². The Kier molecular flexibility index (Phi) is 6.42. The fourth-order valence-electron chi connectivity index (χ4n) is 7.40. The average Bonchev–Trinajstić information content (AvgIpc) is 3.61. The number of anilines is 1. The van der Waals surface area contributed by atoms with Gasteiger partial charge in [-0.05, 0) is 61.3 Å². The Hall–Kier alpha value is -2.22. The molecule has 2 N–H and O–H groups in total. The summed E-state index contributed by atoms with van der Waals surface area (Å²) in [5.41, 5.74) is 3.12. The zero-order chi connectivity index (χ0) is 24.9. The summed E-state index contributed by atoms with van der Waals surface area (Å²) in [5.74, 6) is 1.18. The standard InChI is InChI=1S/C28H36ClN5O2/c1-18-16-21(35)24-22(18)26(32-17-31-24)33-12-14-34(15-13-33)27(36)23(19-4-6-20(29)7-5-19)25-28(10-11-30-25)8-2-3-9-28/h4-7,17-18,21,23,25,30,35H,2-3,8-16H2,1H3/t18-,21-,23+,25-/m1/s1. The number of nitrogens with zero attached hydrogens (tertiary/aromatic N) is 4. The van der Waals surface area contributed by atoms with Gasteiger partial charge in [0.1, 0.15) is 12.1 Å². The van der Waals surface area contributed by atoms with Crippen LogP contribution in [0.1, 0.15) is 80.2 Å². The average molecular weight is 510 g/mol. The van der Waals surface area contributed by atoms with Crippen molar-refractivity contribution in [3.63, 3.8) is 0 Å². The molecule has 1 aromatic heterocycles. The summed E-state index contributed by atoms with van der Waals surface area (Å²) >= 11 is 6.22. The summed E-state index contributed by atoms with van der Waals surface area (Å²) in [6.45, 7) is 5.91. The molecular weight excluding hydrogens is 474 g/mol. The van der Waals surface area contributed by atoms with E-state index in [0.717, 1.165) is 48.7 Å². The van der Waals surface area contributed by atoms with E-state index in [0.29, 0.717) is 24.5 Å². The van der Waals surface area contributed by atoms with E-state index >= 15 is 0 Å². The first-order valence-electron chi connectivity index (χ1n) is 13.5. The smallest absolute Gasteiger partial charge is 0.231 e. The molecule has 2 aliphatic carbocycles. The van der Waals surface area contributed by atoms with Crippen molar-refractivity contribution in [2.45, 2.75) is 69.4 Å². The van der Waals surface area contributed by atoms with E-state index < -0.39 is 6.10 Å². The molecule has 4 aliphatic rings. The number of hydrogen-bond acceptors (Lipinski definition) is 6. The zero-order valence-electron chi connectivity index (χ0n) is 21.0. The maximum absolute atomic E-state index is 14.2. The maximum atomic E-state index is 14.2. The van der Waals surface area contributed by atoms with Crippen molar-refractivity contribution < 1.29 is 9.90 Å². The number of aliphatic hydroxyl groups is 1. The molecule has 1 spiro atoms. The number of carbonyl (C=O) groups excluding carboxylic acids is 1. The van der Waals surface area contributed by atoms with Crippen LogP contribution in [0.3, 0.4) is 0 Å². The SMILES string of the molecule is C[C@@H]1C[C@@H](O)c2ncnc(N3CCN(C(=O)[C@@H](c4ccc(Cl)cc4)[C@H]4NCCC45CCCC5)CC3)c21. The molecule has 1 saturated carbocycles. The Labute approximate surface area is 218 Å². The number of aliphatic hydroxyl groups excluding tert-OH is 1. The molecule has 2 saturated heterocycles. The number of amides is 1. The normalized spacial score (nSPS) is 28.0. The van der Waals surface area contributed by atoms with E-state index in [1.165, 1.54) is 25.7 Å². The minimum atomic E-state index is -0.512. The van der Waals surface area contributed by atoms with E-state index in [2.05, 4.69) is 32.0 Å². The Morgan fingerprint density at radius 1 is 1.11 bits per heavy atom. The largest absolute Gasteiger partial charge is 0.387 e. The summed E-state index contributed by atoms with van der Waals surface area (Å²) in [6, 6.07) is 8.08. The fourth-order valence-corrected chi connectivity index (χ4v) is 7.52. The molecule has 1 amide bonds. The van der Waals surface area contributed by atoms with Crippen LogP contribution in [0.25, 0.3) is 0 Å². The topological polar surface area (TPSA) is 81.6 Å². The van der Waals surface area contributed by atoms with Crippen molar-refractivity contribution in [3.8, 4) is 0 Å². The Bertz CT molecular complexity index is 1110. The number of benzene rings is 1. The quantitative estimate of drug-likeness (QED) is 0.647. The summed E-state index contributed by atoms with van der Waals surface area (Å²) in [6.07, 6.45) is 7.84. The van der Waals surface area contributed by atoms with Crippen molar-refractivity contribution in [2.75, 3.05) is 37.6 Å². The van der Waals surface area contributed by atoms with E-state index in [4.69, 9.17) is 11.6 Å². The van der Waals surface area contributed by atoms with Gasteiger partial charge in [0.15, 0.2) is 0 Å². The zero-order valence-corrected chi connectivity index (χ0v) is 21.8. The first-order chi connectivity index (χ1) is 17.5. The number of aromatic nitrogens is 2. The minimum absolute atomic E-state index is 0.166. The van der Waals surface area contributed by atoms with Crippen LogP contribution in [0.5, 0.6) is 0 Å². The number of nitrogens with one attached hydrogen (secondary N) is 1. The molecule has 1 aromatic carbocycles. The lowest BCUT2D eigenvalue weighted by Crippen LogP contribution is -2.54. The maximum Gasteiger partial charge on any atom is 0.231 e. The second-order valence-corrected chi connectivity index (χ2v) is 11.7. The second kappa shape index (κ2) is 9.58. The van der Waals surface area contributed by atoms with Crippen LogP contribution in [0.4, 0.5) is 5.82 Å².